The lowest BCUT2D eigenvalue weighted by atomic mass is 10.1. The van der Waals surface area contributed by atoms with Crippen molar-refractivity contribution in [2.75, 3.05) is 50.0 Å². The first-order chi connectivity index (χ1) is 12.3. The fourth-order valence-electron chi connectivity index (χ4n) is 3.32. The molecule has 2 N–H and O–H groups in total. The molecule has 1 aliphatic rings. The highest BCUT2D eigenvalue weighted by atomic mass is 15.3. The lowest BCUT2D eigenvalue weighted by Crippen LogP contribution is -2.44. The average molecular weight is 336 g/mol. The first-order valence-corrected chi connectivity index (χ1v) is 8.84. The largest absolute Gasteiger partial charge is 0.370 e. The van der Waals surface area contributed by atoms with Crippen molar-refractivity contribution in [3.05, 3.63) is 48.4 Å². The number of aromatic nitrogens is 3. The van der Waals surface area contributed by atoms with Crippen molar-refractivity contribution in [2.24, 2.45) is 0 Å². The van der Waals surface area contributed by atoms with Gasteiger partial charge in [0, 0.05) is 55.9 Å². The van der Waals surface area contributed by atoms with Crippen LogP contribution in [-0.4, -0.2) is 59.6 Å². The summed E-state index contributed by atoms with van der Waals surface area (Å²) in [6.07, 6.45) is 4.71. The van der Waals surface area contributed by atoms with E-state index in [9.17, 15) is 0 Å². The monoisotopic (exact) mass is 336 g/mol. The van der Waals surface area contributed by atoms with Gasteiger partial charge in [0.25, 0.3) is 0 Å². The zero-order valence-electron chi connectivity index (χ0n) is 14.6. The first kappa shape index (κ1) is 15.9. The predicted molar refractivity (Wildman–Crippen MR) is 102 cm³/mol. The molecule has 1 saturated heterocycles. The smallest absolute Gasteiger partial charge is 0.134 e. The molecular formula is C19H24N6. The predicted octanol–water partition coefficient (Wildman–Crippen LogP) is 2.36. The van der Waals surface area contributed by atoms with E-state index in [1.54, 1.807) is 6.33 Å². The van der Waals surface area contributed by atoms with Crippen molar-refractivity contribution in [1.82, 2.24) is 19.9 Å². The Balaban J connectivity index is 1.37. The number of hydrogen-bond donors (Lipinski definition) is 2. The van der Waals surface area contributed by atoms with Gasteiger partial charge in [-0.3, -0.25) is 0 Å². The maximum Gasteiger partial charge on any atom is 0.134 e. The Morgan fingerprint density at radius 1 is 1.12 bits per heavy atom. The van der Waals surface area contributed by atoms with Crippen LogP contribution in [0.2, 0.25) is 0 Å². The van der Waals surface area contributed by atoms with E-state index in [0.29, 0.717) is 0 Å². The molecule has 6 nitrogen and oxygen atoms in total. The van der Waals surface area contributed by atoms with E-state index in [2.05, 4.69) is 73.6 Å². The molecule has 4 rings (SSSR count). The van der Waals surface area contributed by atoms with Crippen molar-refractivity contribution < 1.29 is 0 Å². The fourth-order valence-corrected chi connectivity index (χ4v) is 3.32. The van der Waals surface area contributed by atoms with E-state index in [-0.39, 0.29) is 0 Å². The number of H-pyrrole nitrogens is 1. The number of para-hydroxylation sites is 1. The minimum Gasteiger partial charge on any atom is -0.370 e. The van der Waals surface area contributed by atoms with E-state index >= 15 is 0 Å². The first-order valence-electron chi connectivity index (χ1n) is 8.84. The molecule has 0 atom stereocenters. The van der Waals surface area contributed by atoms with E-state index in [4.69, 9.17) is 0 Å². The number of aromatic amines is 1. The normalized spacial score (nSPS) is 15.6. The summed E-state index contributed by atoms with van der Waals surface area (Å²) >= 11 is 0. The van der Waals surface area contributed by atoms with Gasteiger partial charge in [0.1, 0.15) is 18.0 Å². The number of rotatable bonds is 5. The molecule has 25 heavy (non-hydrogen) atoms. The van der Waals surface area contributed by atoms with Crippen LogP contribution in [0.4, 0.5) is 11.6 Å². The zero-order chi connectivity index (χ0) is 17.1. The SMILES string of the molecule is CN1CCN(c2cc(NCCc3c[nH]c4ccccc34)ncn2)CC1. The number of nitrogens with one attached hydrogen (secondary N) is 2. The van der Waals surface area contributed by atoms with Gasteiger partial charge in [-0.15, -0.1) is 0 Å². The van der Waals surface area contributed by atoms with Crippen LogP contribution in [-0.2, 0) is 6.42 Å². The van der Waals surface area contributed by atoms with Gasteiger partial charge in [-0.1, -0.05) is 18.2 Å². The lowest BCUT2D eigenvalue weighted by Gasteiger charge is -2.33. The highest BCUT2D eigenvalue weighted by Gasteiger charge is 2.15. The number of anilines is 2. The molecule has 0 aliphatic carbocycles. The molecule has 1 aromatic carbocycles. The van der Waals surface area contributed by atoms with Gasteiger partial charge in [0.05, 0.1) is 0 Å². The molecule has 3 aromatic rings. The molecule has 1 aliphatic heterocycles. The minimum absolute atomic E-state index is 0.848. The lowest BCUT2D eigenvalue weighted by molar-refractivity contribution is 0.312. The Labute approximate surface area is 147 Å². The van der Waals surface area contributed by atoms with Gasteiger partial charge in [-0.05, 0) is 25.1 Å². The second kappa shape index (κ2) is 7.11. The molecule has 0 saturated carbocycles. The van der Waals surface area contributed by atoms with Gasteiger partial charge in [-0.25, -0.2) is 9.97 Å². The maximum atomic E-state index is 4.44. The van der Waals surface area contributed by atoms with Crippen molar-refractivity contribution in [3.8, 4) is 0 Å². The molecule has 0 radical (unpaired) electrons. The molecule has 0 unspecified atom stereocenters. The zero-order valence-corrected chi connectivity index (χ0v) is 14.6. The number of likely N-dealkylation sites (N-methyl/N-ethyl adjacent to an activating group) is 1. The van der Waals surface area contributed by atoms with Crippen LogP contribution in [0.5, 0.6) is 0 Å². The van der Waals surface area contributed by atoms with Gasteiger partial charge in [0.15, 0.2) is 0 Å². The fraction of sp³-hybridized carbons (Fsp3) is 0.368. The second-order valence-electron chi connectivity index (χ2n) is 6.59. The third-order valence-electron chi connectivity index (χ3n) is 4.86. The van der Waals surface area contributed by atoms with Crippen LogP contribution in [0.15, 0.2) is 42.9 Å². The van der Waals surface area contributed by atoms with Crippen molar-refractivity contribution in [1.29, 1.82) is 0 Å². The van der Waals surface area contributed by atoms with Crippen molar-refractivity contribution >= 4 is 22.5 Å². The summed E-state index contributed by atoms with van der Waals surface area (Å²) < 4.78 is 0. The Bertz CT molecular complexity index is 835. The molecule has 130 valence electrons. The van der Waals surface area contributed by atoms with E-state index in [1.165, 1.54) is 16.5 Å². The molecular weight excluding hydrogens is 312 g/mol. The number of fused-ring (bicyclic) bond motifs is 1. The van der Waals surface area contributed by atoms with Gasteiger partial charge >= 0.3 is 0 Å². The Morgan fingerprint density at radius 3 is 2.84 bits per heavy atom. The van der Waals surface area contributed by atoms with Crippen LogP contribution < -0.4 is 10.2 Å². The molecule has 0 amide bonds. The summed E-state index contributed by atoms with van der Waals surface area (Å²) in [7, 11) is 2.16. The van der Waals surface area contributed by atoms with Crippen molar-refractivity contribution in [3.63, 3.8) is 0 Å². The number of hydrogen-bond acceptors (Lipinski definition) is 5. The van der Waals surface area contributed by atoms with Crippen LogP contribution in [0.1, 0.15) is 5.56 Å². The van der Waals surface area contributed by atoms with Crippen molar-refractivity contribution in [2.45, 2.75) is 6.42 Å². The summed E-state index contributed by atoms with van der Waals surface area (Å²) in [6.45, 7) is 5.03. The van der Waals surface area contributed by atoms with E-state index in [0.717, 1.165) is 50.8 Å². The average Bonchev–Trinajstić information content (AvgIpc) is 3.06. The topological polar surface area (TPSA) is 60.1 Å². The van der Waals surface area contributed by atoms with Gasteiger partial charge < -0.3 is 20.1 Å². The summed E-state index contributed by atoms with van der Waals surface area (Å²) in [5.41, 5.74) is 2.52. The summed E-state index contributed by atoms with van der Waals surface area (Å²) in [4.78, 5) is 16.8. The molecule has 0 spiro atoms. The summed E-state index contributed by atoms with van der Waals surface area (Å²) in [5.74, 6) is 1.90. The minimum atomic E-state index is 0.848. The van der Waals surface area contributed by atoms with E-state index in [1.807, 2.05) is 0 Å². The Kier molecular flexibility index (Phi) is 4.52. The number of benzene rings is 1. The number of piperazine rings is 1. The quantitative estimate of drug-likeness (QED) is 0.749. The molecule has 1 fully saturated rings. The van der Waals surface area contributed by atoms with Crippen LogP contribution in [0.3, 0.4) is 0 Å². The van der Waals surface area contributed by atoms with Crippen LogP contribution in [0, 0.1) is 0 Å². The Morgan fingerprint density at radius 2 is 1.96 bits per heavy atom. The van der Waals surface area contributed by atoms with Crippen LogP contribution in [0.25, 0.3) is 10.9 Å². The highest BCUT2D eigenvalue weighted by Crippen LogP contribution is 2.19. The molecule has 0 bridgehead atoms. The molecule has 3 heterocycles. The summed E-state index contributed by atoms with van der Waals surface area (Å²) in [6, 6.07) is 10.5. The maximum absolute atomic E-state index is 4.44. The highest BCUT2D eigenvalue weighted by molar-refractivity contribution is 5.83. The molecule has 2 aromatic heterocycles. The van der Waals surface area contributed by atoms with Gasteiger partial charge in [-0.2, -0.15) is 0 Å². The third kappa shape index (κ3) is 3.58. The van der Waals surface area contributed by atoms with E-state index < -0.39 is 0 Å². The van der Waals surface area contributed by atoms with Crippen LogP contribution >= 0.6 is 0 Å². The molecule has 6 heteroatoms. The Hall–Kier alpha value is -2.60. The third-order valence-corrected chi connectivity index (χ3v) is 4.86. The number of nitrogens with zero attached hydrogens (tertiary/aromatic N) is 4. The standard InChI is InChI=1S/C19H24N6/c1-24-8-10-25(11-9-24)19-12-18(22-14-23-19)20-7-6-15-13-21-17-5-3-2-4-16(15)17/h2-5,12-14,21H,6-11H2,1H3,(H,20,22,23). The second-order valence-corrected chi connectivity index (χ2v) is 6.59. The summed E-state index contributed by atoms with van der Waals surface area (Å²) in [5, 5.41) is 4.73. The van der Waals surface area contributed by atoms with Gasteiger partial charge in [0.2, 0.25) is 0 Å².